The van der Waals surface area contributed by atoms with Crippen LogP contribution in [0.1, 0.15) is 45.6 Å². The monoisotopic (exact) mass is 324 g/mol. The quantitative estimate of drug-likeness (QED) is 0.811. The van der Waals surface area contributed by atoms with E-state index in [1.54, 1.807) is 0 Å². The van der Waals surface area contributed by atoms with Crippen molar-refractivity contribution >= 4 is 21.6 Å². The van der Waals surface area contributed by atoms with Crippen LogP contribution in [-0.2, 0) is 6.54 Å². The second kappa shape index (κ2) is 6.27. The normalized spacial score (nSPS) is 18.0. The molecule has 2 nitrogen and oxygen atoms in total. The number of halogens is 1. The van der Waals surface area contributed by atoms with Crippen molar-refractivity contribution in [3.8, 4) is 0 Å². The zero-order chi connectivity index (χ0) is 13.9. The second-order valence-corrected chi connectivity index (χ2v) is 6.88. The van der Waals surface area contributed by atoms with Crippen LogP contribution in [0, 0.1) is 0 Å². The molecule has 1 aromatic rings. The third kappa shape index (κ3) is 3.51. The number of nitrogens with one attached hydrogen (secondary N) is 1. The smallest absolute Gasteiger partial charge is 0.0515 e. The van der Waals surface area contributed by atoms with Gasteiger partial charge in [-0.3, -0.25) is 0 Å². The first-order chi connectivity index (χ1) is 9.04. The van der Waals surface area contributed by atoms with Crippen molar-refractivity contribution in [3.05, 3.63) is 28.2 Å². The van der Waals surface area contributed by atoms with Gasteiger partial charge >= 0.3 is 0 Å². The van der Waals surface area contributed by atoms with Gasteiger partial charge in [-0.15, -0.1) is 0 Å². The molecule has 0 aliphatic carbocycles. The minimum absolute atomic E-state index is 0.282. The highest BCUT2D eigenvalue weighted by Crippen LogP contribution is 2.37. The highest BCUT2D eigenvalue weighted by Gasteiger charge is 2.32. The van der Waals surface area contributed by atoms with Crippen LogP contribution in [0.2, 0.25) is 0 Å². The molecule has 1 N–H and O–H groups in total. The van der Waals surface area contributed by atoms with Gasteiger partial charge in [0.2, 0.25) is 0 Å². The van der Waals surface area contributed by atoms with E-state index in [1.165, 1.54) is 41.5 Å². The maximum atomic E-state index is 3.75. The van der Waals surface area contributed by atoms with Crippen LogP contribution >= 0.6 is 15.9 Å². The Bertz CT molecular complexity index is 429. The Labute approximate surface area is 125 Å². The summed E-state index contributed by atoms with van der Waals surface area (Å²) >= 11 is 3.75. The highest BCUT2D eigenvalue weighted by molar-refractivity contribution is 9.10. The molecular formula is C16H25BrN2. The summed E-state index contributed by atoms with van der Waals surface area (Å²) in [5.41, 5.74) is 2.97. The lowest BCUT2D eigenvalue weighted by Gasteiger charge is -2.34. The molecule has 0 atom stereocenters. The molecule has 2 rings (SSSR count). The molecule has 0 aromatic heterocycles. The number of hydrogen-bond acceptors (Lipinski definition) is 2. The summed E-state index contributed by atoms with van der Waals surface area (Å²) in [5, 5.41) is 3.45. The molecule has 106 valence electrons. The lowest BCUT2D eigenvalue weighted by Crippen LogP contribution is -2.38. The van der Waals surface area contributed by atoms with E-state index in [9.17, 15) is 0 Å². The molecule has 0 radical (unpaired) electrons. The fourth-order valence-corrected chi connectivity index (χ4v) is 3.48. The van der Waals surface area contributed by atoms with Gasteiger partial charge in [-0.25, -0.2) is 0 Å². The zero-order valence-electron chi connectivity index (χ0n) is 12.3. The molecule has 1 aliphatic rings. The van der Waals surface area contributed by atoms with E-state index in [4.69, 9.17) is 0 Å². The van der Waals surface area contributed by atoms with Crippen LogP contribution in [0.4, 0.5) is 5.69 Å². The topological polar surface area (TPSA) is 15.3 Å². The Morgan fingerprint density at radius 2 is 2.16 bits per heavy atom. The van der Waals surface area contributed by atoms with E-state index in [-0.39, 0.29) is 5.54 Å². The SMILES string of the molecule is CCCNCc1ccc(N2CCCC2(C)C)c(Br)c1. The van der Waals surface area contributed by atoms with Gasteiger partial charge in [-0.2, -0.15) is 0 Å². The molecule has 19 heavy (non-hydrogen) atoms. The van der Waals surface area contributed by atoms with Crippen molar-refractivity contribution in [2.45, 2.75) is 52.1 Å². The number of anilines is 1. The minimum atomic E-state index is 0.282. The van der Waals surface area contributed by atoms with E-state index >= 15 is 0 Å². The number of rotatable bonds is 5. The van der Waals surface area contributed by atoms with Crippen molar-refractivity contribution in [2.75, 3.05) is 18.0 Å². The average Bonchev–Trinajstić information content (AvgIpc) is 2.70. The van der Waals surface area contributed by atoms with Crippen LogP contribution < -0.4 is 10.2 Å². The predicted octanol–water partition coefficient (Wildman–Crippen LogP) is 4.33. The lowest BCUT2D eigenvalue weighted by molar-refractivity contribution is 0.517. The van der Waals surface area contributed by atoms with Gasteiger partial charge in [0.15, 0.2) is 0 Å². The number of benzene rings is 1. The van der Waals surface area contributed by atoms with Gasteiger partial charge in [0.1, 0.15) is 0 Å². The van der Waals surface area contributed by atoms with E-state index in [1.807, 2.05) is 0 Å². The largest absolute Gasteiger partial charge is 0.366 e. The van der Waals surface area contributed by atoms with Gasteiger partial charge in [0, 0.05) is 23.1 Å². The van der Waals surface area contributed by atoms with E-state index in [0.29, 0.717) is 0 Å². The van der Waals surface area contributed by atoms with Gasteiger partial charge in [0.05, 0.1) is 5.69 Å². The third-order valence-corrected chi connectivity index (χ3v) is 4.59. The van der Waals surface area contributed by atoms with E-state index < -0.39 is 0 Å². The van der Waals surface area contributed by atoms with Gasteiger partial charge in [-0.05, 0) is 73.3 Å². The van der Waals surface area contributed by atoms with Crippen LogP contribution in [0.25, 0.3) is 0 Å². The first-order valence-corrected chi connectivity index (χ1v) is 8.10. The van der Waals surface area contributed by atoms with Gasteiger partial charge in [0.25, 0.3) is 0 Å². The van der Waals surface area contributed by atoms with Crippen molar-refractivity contribution in [1.29, 1.82) is 0 Å². The van der Waals surface area contributed by atoms with E-state index in [2.05, 4.69) is 65.1 Å². The van der Waals surface area contributed by atoms with Crippen molar-refractivity contribution in [2.24, 2.45) is 0 Å². The lowest BCUT2D eigenvalue weighted by atomic mass is 10.0. The average molecular weight is 325 g/mol. The Morgan fingerprint density at radius 3 is 2.74 bits per heavy atom. The first kappa shape index (κ1) is 14.9. The Balaban J connectivity index is 2.11. The Morgan fingerprint density at radius 1 is 1.37 bits per heavy atom. The Kier molecular flexibility index (Phi) is 4.91. The van der Waals surface area contributed by atoms with Crippen LogP contribution in [0.15, 0.2) is 22.7 Å². The summed E-state index contributed by atoms with van der Waals surface area (Å²) in [5.74, 6) is 0. The van der Waals surface area contributed by atoms with Crippen LogP contribution in [-0.4, -0.2) is 18.6 Å². The summed E-state index contributed by atoms with van der Waals surface area (Å²) in [6.07, 6.45) is 3.75. The number of nitrogens with zero attached hydrogens (tertiary/aromatic N) is 1. The molecule has 3 heteroatoms. The van der Waals surface area contributed by atoms with Crippen LogP contribution in [0.3, 0.4) is 0 Å². The first-order valence-electron chi connectivity index (χ1n) is 7.31. The fraction of sp³-hybridized carbons (Fsp3) is 0.625. The van der Waals surface area contributed by atoms with Gasteiger partial charge < -0.3 is 10.2 Å². The molecule has 0 bridgehead atoms. The molecule has 1 saturated heterocycles. The molecule has 1 aromatic carbocycles. The highest BCUT2D eigenvalue weighted by atomic mass is 79.9. The molecule has 0 unspecified atom stereocenters. The number of hydrogen-bond donors (Lipinski definition) is 1. The van der Waals surface area contributed by atoms with Crippen molar-refractivity contribution in [3.63, 3.8) is 0 Å². The molecule has 0 amide bonds. The predicted molar refractivity (Wildman–Crippen MR) is 86.8 cm³/mol. The van der Waals surface area contributed by atoms with Crippen molar-refractivity contribution < 1.29 is 0 Å². The maximum Gasteiger partial charge on any atom is 0.0515 e. The third-order valence-electron chi connectivity index (χ3n) is 3.96. The van der Waals surface area contributed by atoms with Crippen LogP contribution in [0.5, 0.6) is 0 Å². The summed E-state index contributed by atoms with van der Waals surface area (Å²) in [6, 6.07) is 6.77. The zero-order valence-corrected chi connectivity index (χ0v) is 13.9. The second-order valence-electron chi connectivity index (χ2n) is 6.03. The van der Waals surface area contributed by atoms with Gasteiger partial charge in [-0.1, -0.05) is 13.0 Å². The van der Waals surface area contributed by atoms with E-state index in [0.717, 1.165) is 13.1 Å². The molecule has 1 aliphatic heterocycles. The summed E-state index contributed by atoms with van der Waals surface area (Å²) in [6.45, 7) is 10.1. The molecule has 0 saturated carbocycles. The maximum absolute atomic E-state index is 3.75. The Hall–Kier alpha value is -0.540. The molecular weight excluding hydrogens is 300 g/mol. The summed E-state index contributed by atoms with van der Waals surface area (Å²) in [4.78, 5) is 2.53. The summed E-state index contributed by atoms with van der Waals surface area (Å²) in [7, 11) is 0. The minimum Gasteiger partial charge on any atom is -0.366 e. The fourth-order valence-electron chi connectivity index (χ4n) is 2.84. The molecule has 0 spiro atoms. The molecule has 1 fully saturated rings. The standard InChI is InChI=1S/C16H25BrN2/c1-4-9-18-12-13-6-7-15(14(17)11-13)19-10-5-8-16(19,2)3/h6-7,11,18H,4-5,8-10,12H2,1-3H3. The molecule has 1 heterocycles. The van der Waals surface area contributed by atoms with Crippen molar-refractivity contribution in [1.82, 2.24) is 5.32 Å². The summed E-state index contributed by atoms with van der Waals surface area (Å²) < 4.78 is 1.22.